The van der Waals surface area contributed by atoms with Crippen LogP contribution in [0, 0.1) is 16.7 Å². The molecular weight excluding hydrogens is 232 g/mol. The van der Waals surface area contributed by atoms with E-state index < -0.39 is 0 Å². The minimum absolute atomic E-state index is 0.394. The molecule has 2 atom stereocenters. The van der Waals surface area contributed by atoms with E-state index in [-0.39, 0.29) is 0 Å². The molecule has 1 nitrogen and oxygen atoms in total. The zero-order valence-corrected chi connectivity index (χ0v) is 12.1. The van der Waals surface area contributed by atoms with E-state index in [0.29, 0.717) is 22.0 Å². The van der Waals surface area contributed by atoms with E-state index in [1.54, 1.807) is 0 Å². The van der Waals surface area contributed by atoms with Crippen molar-refractivity contribution in [3.05, 3.63) is 29.8 Å². The first-order valence-corrected chi connectivity index (χ1v) is 7.70. The van der Waals surface area contributed by atoms with Gasteiger partial charge in [-0.1, -0.05) is 26.0 Å². The van der Waals surface area contributed by atoms with E-state index in [4.69, 9.17) is 0 Å². The summed E-state index contributed by atoms with van der Waals surface area (Å²) in [6.07, 6.45) is 8.41. The third kappa shape index (κ3) is 1.67. The van der Waals surface area contributed by atoms with Crippen LogP contribution in [0.4, 0.5) is 0 Å². The van der Waals surface area contributed by atoms with E-state index in [2.05, 4.69) is 26.0 Å². The van der Waals surface area contributed by atoms with Gasteiger partial charge in [-0.2, -0.15) is 0 Å². The van der Waals surface area contributed by atoms with Crippen LogP contribution in [-0.2, 0) is 5.41 Å². The minimum atomic E-state index is 0.394. The van der Waals surface area contributed by atoms with Gasteiger partial charge in [0.2, 0.25) is 0 Å². The standard InChI is InChI=1S/C18H24O/c1-16-7-13-8-17(2,10-16)12-18(9-13,11-16)14-3-5-15(19)6-4-14/h3-6,13,19H,7-12H2,1-2H3/t13?,16-,17-,18?/m1/s1. The van der Waals surface area contributed by atoms with Crippen molar-refractivity contribution < 1.29 is 5.11 Å². The lowest BCUT2D eigenvalue weighted by Crippen LogP contribution is -2.56. The van der Waals surface area contributed by atoms with Gasteiger partial charge in [-0.15, -0.1) is 0 Å². The summed E-state index contributed by atoms with van der Waals surface area (Å²) in [5, 5.41) is 9.54. The van der Waals surface area contributed by atoms with Gasteiger partial charge in [0.15, 0.2) is 0 Å². The number of hydrogen-bond donors (Lipinski definition) is 1. The van der Waals surface area contributed by atoms with Gasteiger partial charge in [0.05, 0.1) is 0 Å². The van der Waals surface area contributed by atoms with Gasteiger partial charge < -0.3 is 5.11 Å². The van der Waals surface area contributed by atoms with Gasteiger partial charge >= 0.3 is 0 Å². The molecule has 4 fully saturated rings. The van der Waals surface area contributed by atoms with Crippen LogP contribution in [0.3, 0.4) is 0 Å². The molecule has 4 aliphatic carbocycles. The maximum absolute atomic E-state index is 9.54. The lowest BCUT2D eigenvalue weighted by molar-refractivity contribution is -0.110. The van der Waals surface area contributed by atoms with Crippen molar-refractivity contribution in [3.63, 3.8) is 0 Å². The molecule has 0 unspecified atom stereocenters. The Kier molecular flexibility index (Phi) is 2.09. The number of rotatable bonds is 1. The van der Waals surface area contributed by atoms with Crippen molar-refractivity contribution in [3.8, 4) is 5.75 Å². The van der Waals surface area contributed by atoms with Crippen LogP contribution in [0.2, 0.25) is 0 Å². The Labute approximate surface area is 116 Å². The summed E-state index contributed by atoms with van der Waals surface area (Å²) >= 11 is 0. The number of phenols is 1. The Morgan fingerprint density at radius 1 is 0.895 bits per heavy atom. The molecule has 0 aliphatic heterocycles. The maximum atomic E-state index is 9.54. The first kappa shape index (κ1) is 11.8. The average molecular weight is 256 g/mol. The Balaban J connectivity index is 1.80. The van der Waals surface area contributed by atoms with Gasteiger partial charge in [-0.3, -0.25) is 0 Å². The molecule has 5 rings (SSSR count). The van der Waals surface area contributed by atoms with Gasteiger partial charge in [-0.05, 0) is 78.4 Å². The van der Waals surface area contributed by atoms with Crippen molar-refractivity contribution in [2.75, 3.05) is 0 Å². The molecule has 102 valence electrons. The minimum Gasteiger partial charge on any atom is -0.508 e. The molecule has 0 heterocycles. The van der Waals surface area contributed by atoms with E-state index in [9.17, 15) is 5.11 Å². The highest BCUT2D eigenvalue weighted by molar-refractivity contribution is 5.35. The normalized spacial score (nSPS) is 47.6. The van der Waals surface area contributed by atoms with E-state index >= 15 is 0 Å². The van der Waals surface area contributed by atoms with E-state index in [1.165, 1.54) is 44.1 Å². The van der Waals surface area contributed by atoms with Gasteiger partial charge in [0, 0.05) is 0 Å². The Bertz CT molecular complexity index is 497. The molecule has 1 aromatic carbocycles. The number of benzene rings is 1. The van der Waals surface area contributed by atoms with Gasteiger partial charge in [0.1, 0.15) is 5.75 Å². The zero-order chi connectivity index (χ0) is 13.3. The Morgan fingerprint density at radius 3 is 2.00 bits per heavy atom. The van der Waals surface area contributed by atoms with Crippen molar-refractivity contribution in [1.29, 1.82) is 0 Å². The van der Waals surface area contributed by atoms with Crippen LogP contribution in [0.25, 0.3) is 0 Å². The SMILES string of the molecule is C[C@]12CC3CC(c4ccc(O)cc4)(C1)C[C@](C)(C3)C2. The number of hydrogen-bond acceptors (Lipinski definition) is 1. The third-order valence-electron chi connectivity index (χ3n) is 6.11. The lowest BCUT2D eigenvalue weighted by atomic mass is 9.39. The Morgan fingerprint density at radius 2 is 1.47 bits per heavy atom. The largest absolute Gasteiger partial charge is 0.508 e. The third-order valence-corrected chi connectivity index (χ3v) is 6.11. The fourth-order valence-corrected chi connectivity index (χ4v) is 6.58. The van der Waals surface area contributed by atoms with Crippen molar-refractivity contribution in [1.82, 2.24) is 0 Å². The molecule has 4 saturated carbocycles. The first-order chi connectivity index (χ1) is 8.91. The highest BCUT2D eigenvalue weighted by atomic mass is 16.3. The molecule has 1 aromatic rings. The molecule has 1 N–H and O–H groups in total. The molecule has 0 saturated heterocycles. The topological polar surface area (TPSA) is 20.2 Å². The van der Waals surface area contributed by atoms with Crippen molar-refractivity contribution in [2.45, 2.75) is 57.8 Å². The summed E-state index contributed by atoms with van der Waals surface area (Å²) in [7, 11) is 0. The summed E-state index contributed by atoms with van der Waals surface area (Å²) in [4.78, 5) is 0. The van der Waals surface area contributed by atoms with Gasteiger partial charge in [-0.25, -0.2) is 0 Å². The lowest BCUT2D eigenvalue weighted by Gasteiger charge is -2.65. The zero-order valence-electron chi connectivity index (χ0n) is 12.1. The summed E-state index contributed by atoms with van der Waals surface area (Å²) in [5.41, 5.74) is 3.00. The molecule has 0 radical (unpaired) electrons. The first-order valence-electron chi connectivity index (χ1n) is 7.70. The highest BCUT2D eigenvalue weighted by Crippen LogP contribution is 2.69. The van der Waals surface area contributed by atoms with E-state index in [1.807, 2.05) is 12.1 Å². The molecule has 4 aliphatic rings. The highest BCUT2D eigenvalue weighted by Gasteiger charge is 2.60. The molecule has 0 amide bonds. The Hall–Kier alpha value is -0.980. The van der Waals surface area contributed by atoms with Crippen LogP contribution in [-0.4, -0.2) is 5.11 Å². The monoisotopic (exact) mass is 256 g/mol. The number of phenolic OH excluding ortho intramolecular Hbond substituents is 1. The van der Waals surface area contributed by atoms with Crippen LogP contribution in [0.1, 0.15) is 57.9 Å². The molecule has 0 aromatic heterocycles. The quantitative estimate of drug-likeness (QED) is 0.776. The maximum Gasteiger partial charge on any atom is 0.115 e. The van der Waals surface area contributed by atoms with Crippen molar-refractivity contribution >= 4 is 0 Å². The molecule has 4 bridgehead atoms. The predicted molar refractivity (Wildman–Crippen MR) is 77.2 cm³/mol. The summed E-state index contributed by atoms with van der Waals surface area (Å²) in [6, 6.07) is 8.10. The second-order valence-electron chi connectivity index (χ2n) is 8.46. The van der Waals surface area contributed by atoms with Crippen LogP contribution in [0.5, 0.6) is 5.75 Å². The van der Waals surface area contributed by atoms with E-state index in [0.717, 1.165) is 5.92 Å². The predicted octanol–water partition coefficient (Wildman–Crippen LogP) is 4.64. The van der Waals surface area contributed by atoms with Crippen LogP contribution >= 0.6 is 0 Å². The summed E-state index contributed by atoms with van der Waals surface area (Å²) < 4.78 is 0. The van der Waals surface area contributed by atoms with Crippen LogP contribution in [0.15, 0.2) is 24.3 Å². The second kappa shape index (κ2) is 3.37. The fraction of sp³-hybridized carbons (Fsp3) is 0.667. The molecular formula is C18H24O. The van der Waals surface area contributed by atoms with Crippen molar-refractivity contribution in [2.24, 2.45) is 16.7 Å². The second-order valence-corrected chi connectivity index (χ2v) is 8.46. The smallest absolute Gasteiger partial charge is 0.115 e. The number of aromatic hydroxyl groups is 1. The molecule has 1 heteroatoms. The fourth-order valence-electron chi connectivity index (χ4n) is 6.58. The summed E-state index contributed by atoms with van der Waals surface area (Å²) in [5.74, 6) is 1.32. The average Bonchev–Trinajstić information content (AvgIpc) is 2.24. The van der Waals surface area contributed by atoms with Crippen LogP contribution < -0.4 is 0 Å². The summed E-state index contributed by atoms with van der Waals surface area (Å²) in [6.45, 7) is 5.04. The molecule has 0 spiro atoms. The molecule has 19 heavy (non-hydrogen) atoms. The van der Waals surface area contributed by atoms with Gasteiger partial charge in [0.25, 0.3) is 0 Å².